The van der Waals surface area contributed by atoms with Gasteiger partial charge in [0.2, 0.25) is 10.0 Å². The Labute approximate surface area is 127 Å². The predicted molar refractivity (Wildman–Crippen MR) is 75.1 cm³/mol. The van der Waals surface area contributed by atoms with E-state index in [1.54, 1.807) is 6.92 Å². The summed E-state index contributed by atoms with van der Waals surface area (Å²) in [4.78, 5) is 11.0. The molecule has 1 N–H and O–H groups in total. The fourth-order valence-electron chi connectivity index (χ4n) is 2.26. The van der Waals surface area contributed by atoms with E-state index in [1.165, 1.54) is 4.31 Å². The third-order valence-electron chi connectivity index (χ3n) is 3.85. The Morgan fingerprint density at radius 3 is 2.43 bits per heavy atom. The summed E-state index contributed by atoms with van der Waals surface area (Å²) in [6.07, 6.45) is 0.445. The Balaban J connectivity index is 2.25. The first kappa shape index (κ1) is 16.2. The molecule has 1 fully saturated rings. The number of piperidine rings is 1. The van der Waals surface area contributed by atoms with Gasteiger partial charge in [0.1, 0.15) is 10.7 Å². The number of benzene rings is 1. The molecule has 0 aliphatic carbocycles. The first-order chi connectivity index (χ1) is 9.67. The predicted octanol–water partition coefficient (Wildman–Crippen LogP) is 2.35. The minimum Gasteiger partial charge on any atom is -0.481 e. The number of sulfonamides is 1. The van der Waals surface area contributed by atoms with E-state index in [4.69, 9.17) is 16.7 Å². The second-order valence-corrected chi connectivity index (χ2v) is 7.66. The van der Waals surface area contributed by atoms with Crippen molar-refractivity contribution in [3.05, 3.63) is 29.0 Å². The Kier molecular flexibility index (Phi) is 4.28. The second-order valence-electron chi connectivity index (χ2n) is 5.34. The van der Waals surface area contributed by atoms with Gasteiger partial charge < -0.3 is 5.11 Å². The first-order valence-electron chi connectivity index (χ1n) is 6.35. The SMILES string of the molecule is CC1(C(=O)O)CCN(S(=O)(=O)c2ccc(F)cc2Cl)CC1. The maximum atomic E-state index is 13.0. The topological polar surface area (TPSA) is 74.7 Å². The molecule has 1 aromatic carbocycles. The Hall–Kier alpha value is -1.18. The van der Waals surface area contributed by atoms with Crippen LogP contribution in [0.5, 0.6) is 0 Å². The molecule has 1 aromatic rings. The molecule has 116 valence electrons. The van der Waals surface area contributed by atoms with Crippen molar-refractivity contribution in [2.24, 2.45) is 5.41 Å². The highest BCUT2D eigenvalue weighted by molar-refractivity contribution is 7.89. The molecule has 0 amide bonds. The number of hydrogen-bond acceptors (Lipinski definition) is 3. The smallest absolute Gasteiger partial charge is 0.309 e. The van der Waals surface area contributed by atoms with E-state index in [-0.39, 0.29) is 35.8 Å². The molecule has 0 aromatic heterocycles. The maximum Gasteiger partial charge on any atom is 0.309 e. The van der Waals surface area contributed by atoms with E-state index in [0.717, 1.165) is 18.2 Å². The summed E-state index contributed by atoms with van der Waals surface area (Å²) in [5.41, 5.74) is -0.918. The number of carboxylic acid groups (broad SMARTS) is 1. The molecule has 0 unspecified atom stereocenters. The molecule has 1 aliphatic heterocycles. The fourth-order valence-corrected chi connectivity index (χ4v) is 4.20. The van der Waals surface area contributed by atoms with Gasteiger partial charge in [-0.15, -0.1) is 0 Å². The van der Waals surface area contributed by atoms with Gasteiger partial charge >= 0.3 is 5.97 Å². The van der Waals surface area contributed by atoms with Crippen LogP contribution in [0.15, 0.2) is 23.1 Å². The van der Waals surface area contributed by atoms with E-state index in [9.17, 15) is 17.6 Å². The zero-order chi connectivity index (χ0) is 15.8. The third-order valence-corrected chi connectivity index (χ3v) is 6.24. The van der Waals surface area contributed by atoms with Crippen molar-refractivity contribution in [3.8, 4) is 0 Å². The average Bonchev–Trinajstić information content (AvgIpc) is 2.38. The third kappa shape index (κ3) is 3.04. The molecule has 1 heterocycles. The van der Waals surface area contributed by atoms with E-state index < -0.39 is 27.2 Å². The van der Waals surface area contributed by atoms with Gasteiger partial charge in [-0.1, -0.05) is 11.6 Å². The molecule has 0 bridgehead atoms. The van der Waals surface area contributed by atoms with Gasteiger partial charge in [-0.05, 0) is 38.0 Å². The maximum absolute atomic E-state index is 13.0. The van der Waals surface area contributed by atoms with E-state index in [0.29, 0.717) is 0 Å². The molecule has 1 aliphatic rings. The quantitative estimate of drug-likeness (QED) is 0.920. The van der Waals surface area contributed by atoms with Crippen molar-refractivity contribution in [2.45, 2.75) is 24.7 Å². The molecule has 0 saturated carbocycles. The Bertz CT molecular complexity index is 669. The molecule has 21 heavy (non-hydrogen) atoms. The average molecular weight is 336 g/mol. The van der Waals surface area contributed by atoms with Gasteiger partial charge in [0, 0.05) is 13.1 Å². The summed E-state index contributed by atoms with van der Waals surface area (Å²) < 4.78 is 39.1. The first-order valence-corrected chi connectivity index (χ1v) is 8.17. The minimum absolute atomic E-state index is 0.0961. The summed E-state index contributed by atoms with van der Waals surface area (Å²) >= 11 is 5.80. The highest BCUT2D eigenvalue weighted by atomic mass is 35.5. The molecule has 0 radical (unpaired) electrons. The zero-order valence-electron chi connectivity index (χ0n) is 11.3. The lowest BCUT2D eigenvalue weighted by Crippen LogP contribution is -2.45. The normalized spacial score (nSPS) is 19.4. The lowest BCUT2D eigenvalue weighted by molar-refractivity contribution is -0.150. The summed E-state index contributed by atoms with van der Waals surface area (Å²) in [7, 11) is -3.84. The summed E-state index contributed by atoms with van der Waals surface area (Å²) in [5.74, 6) is -1.55. The highest BCUT2D eigenvalue weighted by Gasteiger charge is 2.40. The van der Waals surface area contributed by atoms with Crippen LogP contribution in [0.3, 0.4) is 0 Å². The van der Waals surface area contributed by atoms with Gasteiger partial charge in [-0.3, -0.25) is 4.79 Å². The van der Waals surface area contributed by atoms with Crippen LogP contribution in [0, 0.1) is 11.2 Å². The van der Waals surface area contributed by atoms with Crippen molar-refractivity contribution in [1.29, 1.82) is 0 Å². The van der Waals surface area contributed by atoms with Crippen molar-refractivity contribution >= 4 is 27.6 Å². The van der Waals surface area contributed by atoms with Gasteiger partial charge in [0.25, 0.3) is 0 Å². The molecule has 0 spiro atoms. The molecule has 5 nitrogen and oxygen atoms in total. The Morgan fingerprint density at radius 2 is 1.95 bits per heavy atom. The van der Waals surface area contributed by atoms with E-state index in [1.807, 2.05) is 0 Å². The molecular weight excluding hydrogens is 321 g/mol. The highest BCUT2D eigenvalue weighted by Crippen LogP contribution is 2.34. The van der Waals surface area contributed by atoms with Crippen LogP contribution < -0.4 is 0 Å². The molecule has 1 saturated heterocycles. The van der Waals surface area contributed by atoms with E-state index in [2.05, 4.69) is 0 Å². The van der Waals surface area contributed by atoms with Crippen molar-refractivity contribution in [3.63, 3.8) is 0 Å². The second kappa shape index (κ2) is 5.55. The fraction of sp³-hybridized carbons (Fsp3) is 0.462. The van der Waals surface area contributed by atoms with E-state index >= 15 is 0 Å². The number of hydrogen-bond donors (Lipinski definition) is 1. The largest absolute Gasteiger partial charge is 0.481 e. The zero-order valence-corrected chi connectivity index (χ0v) is 12.9. The lowest BCUT2D eigenvalue weighted by Gasteiger charge is -2.35. The summed E-state index contributed by atoms with van der Waals surface area (Å²) in [5, 5.41) is 8.97. The molecule has 2 rings (SSSR count). The molecule has 8 heteroatoms. The van der Waals surface area contributed by atoms with Gasteiger partial charge in [0.05, 0.1) is 10.4 Å². The molecule has 0 atom stereocenters. The number of nitrogens with zero attached hydrogens (tertiary/aromatic N) is 1. The van der Waals surface area contributed by atoms with Gasteiger partial charge in [-0.2, -0.15) is 4.31 Å². The summed E-state index contributed by atoms with van der Waals surface area (Å²) in [6.45, 7) is 1.79. The number of carbonyl (C=O) groups is 1. The Morgan fingerprint density at radius 1 is 1.38 bits per heavy atom. The van der Waals surface area contributed by atoms with Crippen LogP contribution in [-0.4, -0.2) is 36.9 Å². The van der Waals surface area contributed by atoms with Crippen molar-refractivity contribution in [1.82, 2.24) is 4.31 Å². The molecular formula is C13H15ClFNO4S. The van der Waals surface area contributed by atoms with Crippen molar-refractivity contribution in [2.75, 3.05) is 13.1 Å². The van der Waals surface area contributed by atoms with Gasteiger partial charge in [0.15, 0.2) is 0 Å². The number of carboxylic acids is 1. The van der Waals surface area contributed by atoms with Crippen molar-refractivity contribution < 1.29 is 22.7 Å². The van der Waals surface area contributed by atoms with Gasteiger partial charge in [-0.25, -0.2) is 12.8 Å². The van der Waals surface area contributed by atoms with Crippen LogP contribution in [-0.2, 0) is 14.8 Å². The van der Waals surface area contributed by atoms with Crippen LogP contribution >= 0.6 is 11.6 Å². The van der Waals surface area contributed by atoms with Crippen LogP contribution in [0.4, 0.5) is 4.39 Å². The van der Waals surface area contributed by atoms with Crippen LogP contribution in [0.2, 0.25) is 5.02 Å². The van der Waals surface area contributed by atoms with Crippen LogP contribution in [0.25, 0.3) is 0 Å². The summed E-state index contributed by atoms with van der Waals surface area (Å²) in [6, 6.07) is 3.10. The minimum atomic E-state index is -3.84. The monoisotopic (exact) mass is 335 g/mol. The van der Waals surface area contributed by atoms with Crippen LogP contribution in [0.1, 0.15) is 19.8 Å². The number of aliphatic carboxylic acids is 1. The number of rotatable bonds is 3. The lowest BCUT2D eigenvalue weighted by atomic mass is 9.81. The number of halogens is 2. The standard InChI is InChI=1S/C13H15ClFNO4S/c1-13(12(17)18)4-6-16(7-5-13)21(19,20)11-3-2-9(15)8-10(11)14/h2-3,8H,4-7H2,1H3,(H,17,18).